The van der Waals surface area contributed by atoms with Crippen LogP contribution in [0.15, 0.2) is 23.4 Å². The van der Waals surface area contributed by atoms with E-state index in [1.54, 1.807) is 0 Å². The first kappa shape index (κ1) is 29.4. The lowest BCUT2D eigenvalue weighted by atomic mass is 10.1. The van der Waals surface area contributed by atoms with Crippen LogP contribution in [0.5, 0.6) is 0 Å². The quantitative estimate of drug-likeness (QED) is 0.0723. The number of aliphatic hydroxyl groups excluding tert-OH is 4. The second-order valence-electron chi connectivity index (χ2n) is 9.73. The molecule has 10 N–H and O–H groups in total. The van der Waals surface area contributed by atoms with Gasteiger partial charge in [0.05, 0.1) is 24.9 Å². The Bertz CT molecular complexity index is 1780. The number of halogens is 1. The smallest absolute Gasteiger partial charge is 0.394 e. The highest BCUT2D eigenvalue weighted by Crippen LogP contribution is 2.50. The molecule has 0 spiro atoms. The molecule has 43 heavy (non-hydrogen) atoms. The lowest BCUT2D eigenvalue weighted by molar-refractivity contribution is -0.0614. The van der Waals surface area contributed by atoms with Crippen LogP contribution >= 0.6 is 7.82 Å². The molecule has 6 heterocycles. The Labute approximate surface area is 237 Å². The van der Waals surface area contributed by atoms with Gasteiger partial charge in [0, 0.05) is 6.20 Å². The highest BCUT2D eigenvalue weighted by molar-refractivity contribution is 7.47. The SMILES string of the molecule is Nc1nc2c(ncn2[C@@H]2O[C@H](CO)[C@@H](O)[C@H]2OP(=O)(O)OC[C@H]2O[C@@H](n3ccc4c(N)nc(F)nc43)[C@H](O)[C@@H]2O)c(=O)[nH]1. The zero-order valence-electron chi connectivity index (χ0n) is 21.6. The van der Waals surface area contributed by atoms with Gasteiger partial charge in [-0.3, -0.25) is 23.4 Å². The number of imidazole rings is 1. The number of anilines is 2. The summed E-state index contributed by atoms with van der Waals surface area (Å²) in [5.41, 5.74) is 10.3. The molecule has 0 radical (unpaired) electrons. The van der Waals surface area contributed by atoms with E-state index in [0.717, 1.165) is 10.9 Å². The number of nitrogens with two attached hydrogens (primary N) is 2. The maximum Gasteiger partial charge on any atom is 0.472 e. The number of fused-ring (bicyclic) bond motifs is 2. The number of ether oxygens (including phenoxy) is 2. The van der Waals surface area contributed by atoms with Crippen molar-refractivity contribution < 1.29 is 52.8 Å². The third-order valence-corrected chi connectivity index (χ3v) is 8.05. The first-order chi connectivity index (χ1) is 20.4. The number of aliphatic hydroxyl groups is 4. The van der Waals surface area contributed by atoms with Crippen molar-refractivity contribution >= 4 is 41.8 Å². The van der Waals surface area contributed by atoms with Gasteiger partial charge in [0.1, 0.15) is 42.4 Å². The van der Waals surface area contributed by atoms with E-state index in [0.29, 0.717) is 0 Å². The molecule has 2 aliphatic rings. The lowest BCUT2D eigenvalue weighted by Crippen LogP contribution is -2.36. The van der Waals surface area contributed by atoms with Crippen molar-refractivity contribution in [2.75, 3.05) is 24.7 Å². The van der Waals surface area contributed by atoms with Crippen LogP contribution in [0, 0.1) is 6.08 Å². The number of hydrogen-bond donors (Lipinski definition) is 8. The minimum Gasteiger partial charge on any atom is -0.394 e. The van der Waals surface area contributed by atoms with Crippen molar-refractivity contribution in [3.05, 3.63) is 35.0 Å². The van der Waals surface area contributed by atoms with Crippen molar-refractivity contribution in [1.29, 1.82) is 0 Å². The summed E-state index contributed by atoms with van der Waals surface area (Å²) >= 11 is 0. The molecule has 4 aromatic rings. The van der Waals surface area contributed by atoms with Gasteiger partial charge < -0.3 is 50.8 Å². The number of H-pyrrole nitrogens is 1. The molecular formula is C21H25FN9O11P. The number of phosphoric acid groups is 1. The van der Waals surface area contributed by atoms with E-state index in [1.165, 1.54) is 16.8 Å². The summed E-state index contributed by atoms with van der Waals surface area (Å²) in [6.07, 6.45) is -10.7. The number of nitrogens with zero attached hydrogens (tertiary/aromatic N) is 6. The van der Waals surface area contributed by atoms with Gasteiger partial charge in [-0.25, -0.2) is 9.55 Å². The first-order valence-electron chi connectivity index (χ1n) is 12.5. The van der Waals surface area contributed by atoms with Crippen LogP contribution in [-0.4, -0.2) is 109 Å². The molecule has 6 rings (SSSR count). The molecule has 0 bridgehead atoms. The van der Waals surface area contributed by atoms with E-state index >= 15 is 0 Å². The predicted molar refractivity (Wildman–Crippen MR) is 138 cm³/mol. The van der Waals surface area contributed by atoms with Gasteiger partial charge >= 0.3 is 13.9 Å². The van der Waals surface area contributed by atoms with Crippen LogP contribution in [0.3, 0.4) is 0 Å². The van der Waals surface area contributed by atoms with E-state index in [9.17, 15) is 39.1 Å². The molecule has 2 fully saturated rings. The topological polar surface area (TPSA) is 301 Å². The zero-order valence-corrected chi connectivity index (χ0v) is 22.5. The van der Waals surface area contributed by atoms with Crippen molar-refractivity contribution in [1.82, 2.24) is 34.1 Å². The number of aromatic nitrogens is 7. The summed E-state index contributed by atoms with van der Waals surface area (Å²) in [7, 11) is -5.10. The van der Waals surface area contributed by atoms with E-state index in [2.05, 4.69) is 24.9 Å². The van der Waals surface area contributed by atoms with Gasteiger partial charge in [0.2, 0.25) is 5.95 Å². The molecular weight excluding hydrogens is 604 g/mol. The van der Waals surface area contributed by atoms with Gasteiger partial charge in [-0.2, -0.15) is 19.3 Å². The van der Waals surface area contributed by atoms with Crippen molar-refractivity contribution in [3.63, 3.8) is 0 Å². The highest BCUT2D eigenvalue weighted by atomic mass is 31.2. The lowest BCUT2D eigenvalue weighted by Gasteiger charge is -2.24. The average Bonchev–Trinajstić information content (AvgIpc) is 3.69. The summed E-state index contributed by atoms with van der Waals surface area (Å²) in [6.45, 7) is -1.51. The van der Waals surface area contributed by atoms with Gasteiger partial charge in [-0.1, -0.05) is 0 Å². The van der Waals surface area contributed by atoms with E-state index in [4.69, 9.17) is 30.0 Å². The summed E-state index contributed by atoms with van der Waals surface area (Å²) in [6, 6.07) is 1.45. The molecule has 20 nitrogen and oxygen atoms in total. The second kappa shape index (κ2) is 10.8. The van der Waals surface area contributed by atoms with Crippen LogP contribution < -0.4 is 17.0 Å². The van der Waals surface area contributed by atoms with E-state index in [1.807, 2.05) is 0 Å². The Hall–Kier alpha value is -3.63. The van der Waals surface area contributed by atoms with Crippen LogP contribution in [0.25, 0.3) is 22.2 Å². The Balaban J connectivity index is 1.19. The van der Waals surface area contributed by atoms with Gasteiger partial charge in [0.25, 0.3) is 5.56 Å². The number of hydrogen-bond acceptors (Lipinski definition) is 16. The molecule has 4 aromatic heterocycles. The van der Waals surface area contributed by atoms with Crippen molar-refractivity contribution in [2.24, 2.45) is 0 Å². The minimum absolute atomic E-state index is 0.0380. The monoisotopic (exact) mass is 629 g/mol. The summed E-state index contributed by atoms with van der Waals surface area (Å²) in [5.74, 6) is -0.434. The standard InChI is InChI=1S/C21H25FN9O11P/c22-20-26-14(23)6-1-2-30(15(6)27-20)18-12(35)10(33)8(41-18)4-39-43(37,38)42-13-11(34)7(3-32)40-19(13)31-5-25-9-16(31)28-21(24)29-17(9)36/h1-2,5,7-8,10-13,18-19,32-35H,3-4H2,(H,37,38)(H2,23,26,27)(H3,24,28,29,36)/t7-,8-,10-,11-,12-,13-,18-,19-/m1/s1. The summed E-state index contributed by atoms with van der Waals surface area (Å²) in [5, 5.41) is 41.8. The molecule has 2 saturated heterocycles. The molecule has 0 aromatic carbocycles. The van der Waals surface area contributed by atoms with Crippen molar-refractivity contribution in [2.45, 2.75) is 49.1 Å². The van der Waals surface area contributed by atoms with Gasteiger partial charge in [-0.15, -0.1) is 0 Å². The fraction of sp³-hybridized carbons (Fsp3) is 0.476. The van der Waals surface area contributed by atoms with Crippen LogP contribution in [0.2, 0.25) is 0 Å². The number of nitrogen functional groups attached to an aromatic ring is 2. The van der Waals surface area contributed by atoms with Crippen LogP contribution in [-0.2, 0) is 23.1 Å². The van der Waals surface area contributed by atoms with Crippen LogP contribution in [0.1, 0.15) is 12.5 Å². The molecule has 232 valence electrons. The fourth-order valence-corrected chi connectivity index (χ4v) is 5.95. The molecule has 0 aliphatic carbocycles. The Morgan fingerprint density at radius 3 is 2.53 bits per heavy atom. The summed E-state index contributed by atoms with van der Waals surface area (Å²) in [4.78, 5) is 39.9. The largest absolute Gasteiger partial charge is 0.472 e. The highest BCUT2D eigenvalue weighted by Gasteiger charge is 2.50. The zero-order chi connectivity index (χ0) is 30.8. The number of nitrogens with one attached hydrogen (secondary N) is 1. The van der Waals surface area contributed by atoms with E-state index in [-0.39, 0.29) is 34.0 Å². The third kappa shape index (κ3) is 5.14. The normalized spacial score (nSPS) is 30.8. The molecule has 2 aliphatic heterocycles. The Kier molecular flexibility index (Phi) is 7.41. The first-order valence-corrected chi connectivity index (χ1v) is 14.0. The summed E-state index contributed by atoms with van der Waals surface area (Å²) < 4.78 is 50.6. The van der Waals surface area contributed by atoms with Crippen LogP contribution in [0.4, 0.5) is 16.2 Å². The van der Waals surface area contributed by atoms with Crippen molar-refractivity contribution in [3.8, 4) is 0 Å². The molecule has 22 heteroatoms. The molecule has 0 saturated carbocycles. The Morgan fingerprint density at radius 2 is 1.79 bits per heavy atom. The third-order valence-electron chi connectivity index (χ3n) is 7.06. The Morgan fingerprint density at radius 1 is 1.05 bits per heavy atom. The number of rotatable bonds is 8. The fourth-order valence-electron chi connectivity index (χ4n) is 5.02. The molecule has 0 amide bonds. The maximum atomic E-state index is 13.8. The number of phosphoric ester groups is 1. The van der Waals surface area contributed by atoms with Gasteiger partial charge in [-0.05, 0) is 6.07 Å². The van der Waals surface area contributed by atoms with Gasteiger partial charge in [0.15, 0.2) is 29.3 Å². The predicted octanol–water partition coefficient (Wildman–Crippen LogP) is -2.76. The minimum atomic E-state index is -5.10. The maximum absolute atomic E-state index is 13.8. The number of aromatic amines is 1. The molecule has 1 unspecified atom stereocenters. The van der Waals surface area contributed by atoms with E-state index < -0.39 is 81.8 Å². The second-order valence-corrected chi connectivity index (χ2v) is 11.1. The average molecular weight is 629 g/mol. The molecule has 9 atom stereocenters.